The third-order valence-corrected chi connectivity index (χ3v) is 3.78. The van der Waals surface area contributed by atoms with Crippen LogP contribution in [-0.4, -0.2) is 23.7 Å². The van der Waals surface area contributed by atoms with E-state index in [-0.39, 0.29) is 18.3 Å². The maximum atomic E-state index is 12.1. The predicted octanol–water partition coefficient (Wildman–Crippen LogP) is 3.72. The van der Waals surface area contributed by atoms with Crippen molar-refractivity contribution in [3.05, 3.63) is 51.9 Å². The standard InChI is InChI=1S/C16H15F3N2O2S/c1-11-2-3-13(24-11)4-5-14(22)21-9-12-6-7-20-15(8-12)23-10-16(17,18)19/h2-8H,9-10H2,1H3,(H,21,22)/b5-4+. The molecular formula is C16H15F3N2O2S. The molecule has 0 saturated carbocycles. The Bertz CT molecular complexity index is 726. The number of rotatable bonds is 6. The van der Waals surface area contributed by atoms with Gasteiger partial charge in [-0.3, -0.25) is 4.79 Å². The van der Waals surface area contributed by atoms with E-state index < -0.39 is 12.8 Å². The van der Waals surface area contributed by atoms with Crippen molar-refractivity contribution in [2.45, 2.75) is 19.6 Å². The Labute approximate surface area is 141 Å². The van der Waals surface area contributed by atoms with Gasteiger partial charge >= 0.3 is 6.18 Å². The summed E-state index contributed by atoms with van der Waals surface area (Å²) in [4.78, 5) is 17.6. The van der Waals surface area contributed by atoms with E-state index in [1.54, 1.807) is 23.5 Å². The molecule has 2 heterocycles. The zero-order valence-electron chi connectivity index (χ0n) is 12.8. The fraction of sp³-hybridized carbons (Fsp3) is 0.250. The smallest absolute Gasteiger partial charge is 0.422 e. The molecule has 0 saturated heterocycles. The summed E-state index contributed by atoms with van der Waals surface area (Å²) in [7, 11) is 0. The molecule has 0 unspecified atom stereocenters. The lowest BCUT2D eigenvalue weighted by molar-refractivity contribution is -0.154. The molecule has 0 aliphatic heterocycles. The SMILES string of the molecule is Cc1ccc(/C=C/C(=O)NCc2ccnc(OCC(F)(F)F)c2)s1. The number of amides is 1. The van der Waals surface area contributed by atoms with Crippen LogP contribution in [0.4, 0.5) is 13.2 Å². The number of nitrogens with one attached hydrogen (secondary N) is 1. The zero-order valence-corrected chi connectivity index (χ0v) is 13.6. The van der Waals surface area contributed by atoms with Crippen molar-refractivity contribution in [2.75, 3.05) is 6.61 Å². The third-order valence-electron chi connectivity index (χ3n) is 2.81. The van der Waals surface area contributed by atoms with Crippen LogP contribution in [0.3, 0.4) is 0 Å². The first-order chi connectivity index (χ1) is 11.3. The summed E-state index contributed by atoms with van der Waals surface area (Å²) in [6, 6.07) is 6.82. The number of pyridine rings is 1. The van der Waals surface area contributed by atoms with Crippen LogP contribution in [0.15, 0.2) is 36.5 Å². The van der Waals surface area contributed by atoms with E-state index in [2.05, 4.69) is 15.0 Å². The van der Waals surface area contributed by atoms with Gasteiger partial charge < -0.3 is 10.1 Å². The van der Waals surface area contributed by atoms with Gasteiger partial charge in [0.05, 0.1) is 0 Å². The molecule has 0 fully saturated rings. The molecule has 0 radical (unpaired) electrons. The fourth-order valence-corrected chi connectivity index (χ4v) is 2.52. The van der Waals surface area contributed by atoms with Gasteiger partial charge in [0.1, 0.15) is 0 Å². The van der Waals surface area contributed by atoms with Crippen LogP contribution in [0.2, 0.25) is 0 Å². The number of carbonyl (C=O) groups excluding carboxylic acids is 1. The maximum Gasteiger partial charge on any atom is 0.422 e. The summed E-state index contributed by atoms with van der Waals surface area (Å²) < 4.78 is 40.9. The van der Waals surface area contributed by atoms with Crippen LogP contribution in [0.25, 0.3) is 6.08 Å². The normalized spacial score (nSPS) is 11.7. The number of ether oxygens (including phenoxy) is 1. The number of hydrogen-bond acceptors (Lipinski definition) is 4. The number of aryl methyl sites for hydroxylation is 1. The van der Waals surface area contributed by atoms with Gasteiger partial charge in [-0.05, 0) is 36.8 Å². The van der Waals surface area contributed by atoms with Gasteiger partial charge in [0.15, 0.2) is 6.61 Å². The van der Waals surface area contributed by atoms with E-state index in [0.717, 1.165) is 9.75 Å². The van der Waals surface area contributed by atoms with Crippen LogP contribution in [-0.2, 0) is 11.3 Å². The Balaban J connectivity index is 1.85. The first kappa shape index (κ1) is 18.0. The molecule has 0 aliphatic carbocycles. The Kier molecular flexibility index (Phi) is 5.97. The van der Waals surface area contributed by atoms with Gasteiger partial charge in [0, 0.05) is 34.6 Å². The molecule has 2 aromatic heterocycles. The van der Waals surface area contributed by atoms with Crippen LogP contribution in [0.1, 0.15) is 15.3 Å². The van der Waals surface area contributed by atoms with Gasteiger partial charge in [0.2, 0.25) is 11.8 Å². The summed E-state index contributed by atoms with van der Waals surface area (Å²) in [6.07, 6.45) is 0.0270. The predicted molar refractivity (Wildman–Crippen MR) is 85.7 cm³/mol. The average Bonchev–Trinajstić information content (AvgIpc) is 2.94. The topological polar surface area (TPSA) is 51.2 Å². The van der Waals surface area contributed by atoms with Crippen molar-refractivity contribution in [3.63, 3.8) is 0 Å². The summed E-state index contributed by atoms with van der Waals surface area (Å²) in [5.41, 5.74) is 0.593. The molecule has 4 nitrogen and oxygen atoms in total. The second-order valence-corrected chi connectivity index (χ2v) is 6.23. The first-order valence-electron chi connectivity index (χ1n) is 6.99. The van der Waals surface area contributed by atoms with Crippen molar-refractivity contribution >= 4 is 23.3 Å². The Morgan fingerprint density at radius 1 is 1.38 bits per heavy atom. The maximum absolute atomic E-state index is 12.1. The number of nitrogens with zero attached hydrogens (tertiary/aromatic N) is 1. The third kappa shape index (κ3) is 6.41. The van der Waals surface area contributed by atoms with E-state index in [1.165, 1.54) is 18.3 Å². The van der Waals surface area contributed by atoms with E-state index in [0.29, 0.717) is 5.56 Å². The van der Waals surface area contributed by atoms with E-state index in [9.17, 15) is 18.0 Å². The first-order valence-corrected chi connectivity index (χ1v) is 7.80. The highest BCUT2D eigenvalue weighted by Gasteiger charge is 2.28. The molecule has 1 N–H and O–H groups in total. The Morgan fingerprint density at radius 3 is 2.83 bits per heavy atom. The number of alkyl halides is 3. The summed E-state index contributed by atoms with van der Waals surface area (Å²) >= 11 is 1.57. The van der Waals surface area contributed by atoms with Crippen molar-refractivity contribution in [2.24, 2.45) is 0 Å². The lowest BCUT2D eigenvalue weighted by Gasteiger charge is -2.09. The van der Waals surface area contributed by atoms with Crippen molar-refractivity contribution in [1.82, 2.24) is 10.3 Å². The molecule has 2 aromatic rings. The molecule has 8 heteroatoms. The average molecular weight is 356 g/mol. The highest BCUT2D eigenvalue weighted by molar-refractivity contribution is 7.12. The highest BCUT2D eigenvalue weighted by Crippen LogP contribution is 2.18. The van der Waals surface area contributed by atoms with Gasteiger partial charge in [-0.2, -0.15) is 13.2 Å². The molecule has 1 amide bonds. The molecule has 0 aromatic carbocycles. The minimum absolute atomic E-state index is 0.135. The highest BCUT2D eigenvalue weighted by atomic mass is 32.1. The zero-order chi connectivity index (χ0) is 17.6. The van der Waals surface area contributed by atoms with Crippen molar-refractivity contribution < 1.29 is 22.7 Å². The van der Waals surface area contributed by atoms with E-state index in [1.807, 2.05) is 19.1 Å². The summed E-state index contributed by atoms with van der Waals surface area (Å²) in [6.45, 7) is 0.736. The monoisotopic (exact) mass is 356 g/mol. The number of hydrogen-bond donors (Lipinski definition) is 1. The Morgan fingerprint density at radius 2 is 2.17 bits per heavy atom. The molecular weight excluding hydrogens is 341 g/mol. The number of aromatic nitrogens is 1. The van der Waals surface area contributed by atoms with Crippen LogP contribution >= 0.6 is 11.3 Å². The largest absolute Gasteiger partial charge is 0.468 e. The molecule has 0 spiro atoms. The molecule has 0 bridgehead atoms. The molecule has 2 rings (SSSR count). The van der Waals surface area contributed by atoms with E-state index in [4.69, 9.17) is 0 Å². The van der Waals surface area contributed by atoms with E-state index >= 15 is 0 Å². The lowest BCUT2D eigenvalue weighted by atomic mass is 10.2. The van der Waals surface area contributed by atoms with Crippen LogP contribution < -0.4 is 10.1 Å². The minimum atomic E-state index is -4.42. The quantitative estimate of drug-likeness (QED) is 0.803. The summed E-state index contributed by atoms with van der Waals surface area (Å²) in [5.74, 6) is -0.431. The second-order valence-electron chi connectivity index (χ2n) is 4.91. The minimum Gasteiger partial charge on any atom is -0.468 e. The van der Waals surface area contributed by atoms with Crippen molar-refractivity contribution in [3.8, 4) is 5.88 Å². The lowest BCUT2D eigenvalue weighted by Crippen LogP contribution is -2.21. The number of halogens is 3. The second kappa shape index (κ2) is 7.96. The van der Waals surface area contributed by atoms with Crippen LogP contribution in [0, 0.1) is 6.92 Å². The van der Waals surface area contributed by atoms with Gasteiger partial charge in [-0.25, -0.2) is 4.98 Å². The van der Waals surface area contributed by atoms with Gasteiger partial charge in [-0.15, -0.1) is 11.3 Å². The van der Waals surface area contributed by atoms with Gasteiger partial charge in [-0.1, -0.05) is 0 Å². The molecule has 0 aliphatic rings. The van der Waals surface area contributed by atoms with Crippen LogP contribution in [0.5, 0.6) is 5.88 Å². The molecule has 24 heavy (non-hydrogen) atoms. The fourth-order valence-electron chi connectivity index (χ4n) is 1.74. The number of thiophene rings is 1. The van der Waals surface area contributed by atoms with Gasteiger partial charge in [0.25, 0.3) is 0 Å². The number of carbonyl (C=O) groups is 1. The summed E-state index contributed by atoms with van der Waals surface area (Å²) in [5, 5.41) is 2.65. The van der Waals surface area contributed by atoms with Crippen molar-refractivity contribution in [1.29, 1.82) is 0 Å². The Hall–Kier alpha value is -2.35. The molecule has 0 atom stereocenters. The molecule has 128 valence electrons.